The lowest BCUT2D eigenvalue weighted by Gasteiger charge is -2.16. The fraction of sp³-hybridized carbons (Fsp3) is 0.188. The highest BCUT2D eigenvalue weighted by molar-refractivity contribution is 5.95. The summed E-state index contributed by atoms with van der Waals surface area (Å²) >= 11 is 0. The fourth-order valence-corrected chi connectivity index (χ4v) is 2.05. The van der Waals surface area contributed by atoms with Crippen molar-refractivity contribution in [1.82, 2.24) is 5.32 Å². The van der Waals surface area contributed by atoms with Crippen molar-refractivity contribution in [2.24, 2.45) is 0 Å². The molecule has 1 amide bonds. The van der Waals surface area contributed by atoms with Gasteiger partial charge in [0.1, 0.15) is 17.2 Å². The Balaban J connectivity index is 2.24. The summed E-state index contributed by atoms with van der Waals surface area (Å²) in [5, 5.41) is 2.57. The maximum atomic E-state index is 13.9. The predicted molar refractivity (Wildman–Crippen MR) is 77.8 cm³/mol. The van der Waals surface area contributed by atoms with Crippen LogP contribution in [0, 0.1) is 18.6 Å². The number of hydrogen-bond donors (Lipinski definition) is 2. The van der Waals surface area contributed by atoms with E-state index in [1.54, 1.807) is 31.2 Å². The molecule has 1 atom stereocenters. The molecular weight excluding hydrogens is 274 g/mol. The molecule has 0 fully saturated rings. The number of benzene rings is 2. The average Bonchev–Trinajstić information content (AvgIpc) is 2.43. The highest BCUT2D eigenvalue weighted by Gasteiger charge is 2.20. The van der Waals surface area contributed by atoms with Gasteiger partial charge in [-0.05, 0) is 43.2 Å². The fourth-order valence-electron chi connectivity index (χ4n) is 2.05. The normalized spacial score (nSPS) is 12.0. The summed E-state index contributed by atoms with van der Waals surface area (Å²) in [5.41, 5.74) is 6.65. The van der Waals surface area contributed by atoms with E-state index in [0.29, 0.717) is 5.69 Å². The molecule has 0 aliphatic carbocycles. The van der Waals surface area contributed by atoms with Gasteiger partial charge < -0.3 is 11.1 Å². The number of carbonyl (C=O) groups is 1. The molecule has 0 radical (unpaired) electrons. The lowest BCUT2D eigenvalue weighted by atomic mass is 10.1. The van der Waals surface area contributed by atoms with Crippen molar-refractivity contribution >= 4 is 11.6 Å². The summed E-state index contributed by atoms with van der Waals surface area (Å²) in [6.07, 6.45) is 0. The largest absolute Gasteiger partial charge is 0.399 e. The third-order valence-corrected chi connectivity index (χ3v) is 3.27. The molecule has 0 aromatic heterocycles. The third kappa shape index (κ3) is 3.18. The van der Waals surface area contributed by atoms with Crippen molar-refractivity contribution in [3.05, 3.63) is 64.7 Å². The van der Waals surface area contributed by atoms with Gasteiger partial charge in [-0.15, -0.1) is 0 Å². The van der Waals surface area contributed by atoms with E-state index in [9.17, 15) is 13.6 Å². The molecule has 3 nitrogen and oxygen atoms in total. The Labute approximate surface area is 121 Å². The Morgan fingerprint density at radius 2 is 1.95 bits per heavy atom. The van der Waals surface area contributed by atoms with Gasteiger partial charge in [-0.3, -0.25) is 4.79 Å². The first kappa shape index (κ1) is 15.0. The summed E-state index contributed by atoms with van der Waals surface area (Å²) in [6, 6.07) is 8.92. The molecule has 3 N–H and O–H groups in total. The van der Waals surface area contributed by atoms with Crippen LogP contribution in [0.2, 0.25) is 0 Å². The second-order valence-electron chi connectivity index (χ2n) is 4.92. The smallest absolute Gasteiger partial charge is 0.257 e. The number of hydrogen-bond acceptors (Lipinski definition) is 2. The number of rotatable bonds is 3. The van der Waals surface area contributed by atoms with Gasteiger partial charge in [-0.2, -0.15) is 0 Å². The zero-order chi connectivity index (χ0) is 15.6. The maximum absolute atomic E-state index is 13.9. The van der Waals surface area contributed by atoms with Gasteiger partial charge in [0.05, 0.1) is 6.04 Å². The standard InChI is InChI=1S/C16H16F2N2O/c1-9-6-7-13(17)14(15(9)18)16(21)20-10(2)11-4-3-5-12(19)8-11/h3-8,10H,19H2,1-2H3,(H,20,21). The van der Waals surface area contributed by atoms with Crippen molar-refractivity contribution in [3.8, 4) is 0 Å². The molecule has 0 saturated heterocycles. The van der Waals surface area contributed by atoms with Gasteiger partial charge in [0.15, 0.2) is 0 Å². The molecule has 0 bridgehead atoms. The van der Waals surface area contributed by atoms with Crippen LogP contribution in [0.4, 0.5) is 14.5 Å². The molecule has 0 heterocycles. The highest BCUT2D eigenvalue weighted by atomic mass is 19.1. The van der Waals surface area contributed by atoms with Crippen LogP contribution in [0.1, 0.15) is 34.5 Å². The van der Waals surface area contributed by atoms with Crippen LogP contribution in [0.15, 0.2) is 36.4 Å². The first-order chi connectivity index (χ1) is 9.90. The monoisotopic (exact) mass is 290 g/mol. The zero-order valence-electron chi connectivity index (χ0n) is 11.8. The van der Waals surface area contributed by atoms with E-state index < -0.39 is 29.1 Å². The Hall–Kier alpha value is -2.43. The number of nitrogen functional groups attached to an aromatic ring is 1. The summed E-state index contributed by atoms with van der Waals surface area (Å²) < 4.78 is 27.6. The zero-order valence-corrected chi connectivity index (χ0v) is 11.8. The lowest BCUT2D eigenvalue weighted by molar-refractivity contribution is 0.0931. The molecule has 2 aromatic rings. The summed E-state index contributed by atoms with van der Waals surface area (Å²) in [4.78, 5) is 12.1. The minimum Gasteiger partial charge on any atom is -0.399 e. The van der Waals surface area contributed by atoms with Gasteiger partial charge >= 0.3 is 0 Å². The maximum Gasteiger partial charge on any atom is 0.257 e. The first-order valence-electron chi connectivity index (χ1n) is 6.51. The molecule has 0 spiro atoms. The molecular formula is C16H16F2N2O. The summed E-state index contributed by atoms with van der Waals surface area (Å²) in [7, 11) is 0. The van der Waals surface area contributed by atoms with Crippen LogP contribution < -0.4 is 11.1 Å². The molecule has 1 unspecified atom stereocenters. The van der Waals surface area contributed by atoms with Gasteiger partial charge in [-0.1, -0.05) is 18.2 Å². The van der Waals surface area contributed by atoms with Crippen molar-refractivity contribution in [3.63, 3.8) is 0 Å². The van der Waals surface area contributed by atoms with E-state index in [4.69, 9.17) is 5.73 Å². The van der Waals surface area contributed by atoms with Crippen LogP contribution in [0.3, 0.4) is 0 Å². The van der Waals surface area contributed by atoms with Crippen LogP contribution in [-0.4, -0.2) is 5.91 Å². The van der Waals surface area contributed by atoms with Gasteiger partial charge in [0.25, 0.3) is 5.91 Å². The first-order valence-corrected chi connectivity index (χ1v) is 6.51. The topological polar surface area (TPSA) is 55.1 Å². The van der Waals surface area contributed by atoms with E-state index >= 15 is 0 Å². The van der Waals surface area contributed by atoms with Crippen LogP contribution in [0.25, 0.3) is 0 Å². The Kier molecular flexibility index (Phi) is 4.21. The molecule has 2 rings (SSSR count). The SMILES string of the molecule is Cc1ccc(F)c(C(=O)NC(C)c2cccc(N)c2)c1F. The third-order valence-electron chi connectivity index (χ3n) is 3.27. The molecule has 110 valence electrons. The number of carbonyl (C=O) groups excluding carboxylic acids is 1. The summed E-state index contributed by atoms with van der Waals surface area (Å²) in [5.74, 6) is -2.51. The van der Waals surface area contributed by atoms with Crippen molar-refractivity contribution in [2.45, 2.75) is 19.9 Å². The Morgan fingerprint density at radius 3 is 2.62 bits per heavy atom. The lowest BCUT2D eigenvalue weighted by Crippen LogP contribution is -2.28. The number of nitrogens with one attached hydrogen (secondary N) is 1. The van der Waals surface area contributed by atoms with Crippen LogP contribution in [-0.2, 0) is 0 Å². The van der Waals surface area contributed by atoms with Crippen molar-refractivity contribution in [2.75, 3.05) is 5.73 Å². The number of amides is 1. The minimum atomic E-state index is -0.879. The van der Waals surface area contributed by atoms with Gasteiger partial charge in [0.2, 0.25) is 0 Å². The molecule has 21 heavy (non-hydrogen) atoms. The average molecular weight is 290 g/mol. The Morgan fingerprint density at radius 1 is 1.24 bits per heavy atom. The van der Waals surface area contributed by atoms with Crippen LogP contribution in [0.5, 0.6) is 0 Å². The molecule has 2 aromatic carbocycles. The number of anilines is 1. The number of nitrogens with two attached hydrogens (primary N) is 1. The van der Waals surface area contributed by atoms with E-state index in [-0.39, 0.29) is 5.56 Å². The second kappa shape index (κ2) is 5.91. The van der Waals surface area contributed by atoms with E-state index in [2.05, 4.69) is 5.32 Å². The number of halogens is 2. The van der Waals surface area contributed by atoms with Crippen molar-refractivity contribution < 1.29 is 13.6 Å². The number of aryl methyl sites for hydroxylation is 1. The van der Waals surface area contributed by atoms with Crippen LogP contribution >= 0.6 is 0 Å². The minimum absolute atomic E-state index is 0.221. The second-order valence-corrected chi connectivity index (χ2v) is 4.92. The molecule has 0 aliphatic heterocycles. The van der Waals surface area contributed by atoms with Gasteiger partial charge in [-0.25, -0.2) is 8.78 Å². The van der Waals surface area contributed by atoms with E-state index in [0.717, 1.165) is 11.6 Å². The van der Waals surface area contributed by atoms with E-state index in [1.165, 1.54) is 13.0 Å². The quantitative estimate of drug-likeness (QED) is 0.852. The summed E-state index contributed by atoms with van der Waals surface area (Å²) in [6.45, 7) is 3.20. The van der Waals surface area contributed by atoms with Gasteiger partial charge in [0, 0.05) is 5.69 Å². The molecule has 0 saturated carbocycles. The highest BCUT2D eigenvalue weighted by Crippen LogP contribution is 2.19. The molecule has 5 heteroatoms. The Bertz CT molecular complexity index is 686. The van der Waals surface area contributed by atoms with E-state index in [1.807, 2.05) is 0 Å². The predicted octanol–water partition coefficient (Wildman–Crippen LogP) is 3.35. The molecule has 0 aliphatic rings. The van der Waals surface area contributed by atoms with Crippen molar-refractivity contribution in [1.29, 1.82) is 0 Å².